The fourth-order valence-electron chi connectivity index (χ4n) is 3.42. The molecular weight excluding hydrogens is 404 g/mol. The Kier molecular flexibility index (Phi) is 6.89. The van der Waals surface area contributed by atoms with Crippen molar-refractivity contribution in [1.29, 1.82) is 0 Å². The Morgan fingerprint density at radius 3 is 2.40 bits per heavy atom. The molecule has 0 fully saturated rings. The Morgan fingerprint density at radius 1 is 1.13 bits per heavy atom. The van der Waals surface area contributed by atoms with Gasteiger partial charge in [-0.15, -0.1) is 11.3 Å². The van der Waals surface area contributed by atoms with E-state index in [0.717, 1.165) is 30.0 Å². The van der Waals surface area contributed by atoms with Crippen molar-refractivity contribution in [3.63, 3.8) is 0 Å². The molecule has 1 aromatic carbocycles. The first-order chi connectivity index (χ1) is 14.3. The third-order valence-corrected chi connectivity index (χ3v) is 6.22. The van der Waals surface area contributed by atoms with Crippen LogP contribution in [0.15, 0.2) is 24.3 Å². The molecule has 1 aliphatic heterocycles. The Morgan fingerprint density at radius 2 is 1.80 bits per heavy atom. The molecule has 0 unspecified atom stereocenters. The van der Waals surface area contributed by atoms with Crippen molar-refractivity contribution >= 4 is 34.2 Å². The van der Waals surface area contributed by atoms with Gasteiger partial charge in [-0.2, -0.15) is 0 Å². The minimum absolute atomic E-state index is 0.268. The summed E-state index contributed by atoms with van der Waals surface area (Å²) in [5.41, 5.74) is 2.17. The number of carbonyl (C=O) groups is 3. The highest BCUT2D eigenvalue weighted by atomic mass is 32.1. The van der Waals surface area contributed by atoms with Gasteiger partial charge in [0, 0.05) is 29.6 Å². The molecule has 1 N–H and O–H groups in total. The van der Waals surface area contributed by atoms with Crippen molar-refractivity contribution in [1.82, 2.24) is 4.90 Å². The maximum absolute atomic E-state index is 12.8. The molecule has 0 atom stereocenters. The number of hydrogen-bond donors (Lipinski definition) is 1. The summed E-state index contributed by atoms with van der Waals surface area (Å²) in [6.07, 6.45) is 0.738. The van der Waals surface area contributed by atoms with Gasteiger partial charge < -0.3 is 14.8 Å². The quantitative estimate of drug-likeness (QED) is 0.703. The monoisotopic (exact) mass is 430 g/mol. The van der Waals surface area contributed by atoms with Crippen LogP contribution < -0.4 is 5.32 Å². The van der Waals surface area contributed by atoms with Gasteiger partial charge in [0.1, 0.15) is 5.00 Å². The highest BCUT2D eigenvalue weighted by molar-refractivity contribution is 7.17. The SMILES string of the molecule is CCOC(=O)c1c(NC(=O)c2ccc(C(=O)OC)cc2)sc2c1CCN(C(C)C)C2. The molecule has 0 radical (unpaired) electrons. The van der Waals surface area contributed by atoms with E-state index in [-0.39, 0.29) is 12.5 Å². The minimum Gasteiger partial charge on any atom is -0.465 e. The van der Waals surface area contributed by atoms with Gasteiger partial charge in [0.15, 0.2) is 0 Å². The Hall–Kier alpha value is -2.71. The molecule has 2 aromatic rings. The molecule has 0 spiro atoms. The first kappa shape index (κ1) is 22.0. The summed E-state index contributed by atoms with van der Waals surface area (Å²) in [6, 6.07) is 6.58. The number of benzene rings is 1. The lowest BCUT2D eigenvalue weighted by molar-refractivity contribution is 0.0524. The molecule has 7 nitrogen and oxygen atoms in total. The molecule has 3 rings (SSSR count). The van der Waals surface area contributed by atoms with E-state index in [2.05, 4.69) is 28.8 Å². The van der Waals surface area contributed by atoms with E-state index in [4.69, 9.17) is 4.74 Å². The molecule has 0 saturated heterocycles. The lowest BCUT2D eigenvalue weighted by Gasteiger charge is -2.30. The van der Waals surface area contributed by atoms with Gasteiger partial charge in [-0.25, -0.2) is 9.59 Å². The van der Waals surface area contributed by atoms with Crippen LogP contribution in [0.1, 0.15) is 62.3 Å². The molecule has 1 amide bonds. The molecule has 0 bridgehead atoms. The number of methoxy groups -OCH3 is 1. The highest BCUT2D eigenvalue weighted by Crippen LogP contribution is 2.38. The van der Waals surface area contributed by atoms with Gasteiger partial charge in [0.25, 0.3) is 5.91 Å². The largest absolute Gasteiger partial charge is 0.465 e. The van der Waals surface area contributed by atoms with E-state index in [0.29, 0.717) is 27.7 Å². The third-order valence-electron chi connectivity index (χ3n) is 5.09. The number of carbonyl (C=O) groups excluding carboxylic acids is 3. The summed E-state index contributed by atoms with van der Waals surface area (Å²) < 4.78 is 9.94. The van der Waals surface area contributed by atoms with Crippen LogP contribution in [0, 0.1) is 0 Å². The lowest BCUT2D eigenvalue weighted by atomic mass is 10.0. The summed E-state index contributed by atoms with van der Waals surface area (Å²) in [5.74, 6) is -1.23. The second-order valence-corrected chi connectivity index (χ2v) is 8.37. The van der Waals surface area contributed by atoms with Crippen molar-refractivity contribution in [2.75, 3.05) is 25.6 Å². The number of thiophene rings is 1. The van der Waals surface area contributed by atoms with E-state index in [1.165, 1.54) is 30.6 Å². The number of fused-ring (bicyclic) bond motifs is 1. The number of nitrogens with one attached hydrogen (secondary N) is 1. The normalized spacial score (nSPS) is 13.6. The molecule has 0 saturated carbocycles. The maximum Gasteiger partial charge on any atom is 0.341 e. The smallest absolute Gasteiger partial charge is 0.341 e. The fraction of sp³-hybridized carbons (Fsp3) is 0.409. The van der Waals surface area contributed by atoms with Gasteiger partial charge in [-0.1, -0.05) is 0 Å². The number of esters is 2. The van der Waals surface area contributed by atoms with Crippen LogP contribution in [0.4, 0.5) is 5.00 Å². The van der Waals surface area contributed by atoms with Crippen molar-refractivity contribution in [2.45, 2.75) is 39.8 Å². The van der Waals surface area contributed by atoms with E-state index < -0.39 is 11.9 Å². The van der Waals surface area contributed by atoms with Crippen molar-refractivity contribution in [3.8, 4) is 0 Å². The molecule has 8 heteroatoms. The second kappa shape index (κ2) is 9.40. The molecule has 1 aliphatic rings. The molecular formula is C22H26N2O5S. The van der Waals surface area contributed by atoms with Crippen LogP contribution in [0.5, 0.6) is 0 Å². The average molecular weight is 431 g/mol. The van der Waals surface area contributed by atoms with Crippen LogP contribution in [-0.4, -0.2) is 49.0 Å². The number of hydrogen-bond acceptors (Lipinski definition) is 7. The van der Waals surface area contributed by atoms with Crippen LogP contribution >= 0.6 is 11.3 Å². The standard InChI is InChI=1S/C22H26N2O5S/c1-5-29-22(27)18-16-10-11-24(13(2)3)12-17(16)30-20(18)23-19(25)14-6-8-15(9-7-14)21(26)28-4/h6-9,13H,5,10-12H2,1-4H3,(H,23,25). The van der Waals surface area contributed by atoms with Crippen LogP contribution in [0.25, 0.3) is 0 Å². The number of ether oxygens (including phenoxy) is 2. The fourth-order valence-corrected chi connectivity index (χ4v) is 4.68. The maximum atomic E-state index is 12.8. The van der Waals surface area contributed by atoms with E-state index in [9.17, 15) is 14.4 Å². The number of anilines is 1. The van der Waals surface area contributed by atoms with Crippen molar-refractivity contribution in [3.05, 3.63) is 51.4 Å². The minimum atomic E-state index is -0.466. The van der Waals surface area contributed by atoms with Gasteiger partial charge in [-0.3, -0.25) is 9.69 Å². The van der Waals surface area contributed by atoms with Crippen LogP contribution in [0.3, 0.4) is 0 Å². The molecule has 160 valence electrons. The second-order valence-electron chi connectivity index (χ2n) is 7.27. The summed E-state index contributed by atoms with van der Waals surface area (Å²) in [4.78, 5) is 40.4. The Balaban J connectivity index is 1.88. The van der Waals surface area contributed by atoms with Crippen LogP contribution in [0.2, 0.25) is 0 Å². The number of nitrogens with zero attached hydrogens (tertiary/aromatic N) is 1. The first-order valence-corrected chi connectivity index (χ1v) is 10.7. The van der Waals surface area contributed by atoms with Gasteiger partial charge >= 0.3 is 11.9 Å². The zero-order chi connectivity index (χ0) is 21.8. The summed E-state index contributed by atoms with van der Waals surface area (Å²) in [5, 5.41) is 3.38. The van der Waals surface area contributed by atoms with E-state index in [1.54, 1.807) is 19.1 Å². The first-order valence-electron chi connectivity index (χ1n) is 9.91. The molecule has 0 aliphatic carbocycles. The molecule has 30 heavy (non-hydrogen) atoms. The Bertz CT molecular complexity index is 949. The number of amides is 1. The average Bonchev–Trinajstić information content (AvgIpc) is 3.10. The molecule has 1 aromatic heterocycles. The predicted octanol–water partition coefficient (Wildman–Crippen LogP) is 3.73. The van der Waals surface area contributed by atoms with E-state index in [1.807, 2.05) is 0 Å². The highest BCUT2D eigenvalue weighted by Gasteiger charge is 2.30. The third kappa shape index (κ3) is 4.55. The van der Waals surface area contributed by atoms with Crippen molar-refractivity contribution < 1.29 is 23.9 Å². The van der Waals surface area contributed by atoms with Crippen LogP contribution in [-0.2, 0) is 22.4 Å². The van der Waals surface area contributed by atoms with E-state index >= 15 is 0 Å². The summed E-state index contributed by atoms with van der Waals surface area (Å²) in [6.45, 7) is 7.92. The summed E-state index contributed by atoms with van der Waals surface area (Å²) >= 11 is 1.42. The molecule has 2 heterocycles. The zero-order valence-electron chi connectivity index (χ0n) is 17.6. The zero-order valence-corrected chi connectivity index (χ0v) is 18.4. The van der Waals surface area contributed by atoms with Gasteiger partial charge in [0.2, 0.25) is 0 Å². The van der Waals surface area contributed by atoms with Crippen molar-refractivity contribution in [2.24, 2.45) is 0 Å². The lowest BCUT2D eigenvalue weighted by Crippen LogP contribution is -2.35. The number of rotatable bonds is 6. The summed E-state index contributed by atoms with van der Waals surface area (Å²) in [7, 11) is 1.30. The topological polar surface area (TPSA) is 84.9 Å². The Labute approximate surface area is 180 Å². The van der Waals surface area contributed by atoms with Gasteiger partial charge in [-0.05, 0) is 57.0 Å². The predicted molar refractivity (Wildman–Crippen MR) is 115 cm³/mol. The van der Waals surface area contributed by atoms with Gasteiger partial charge in [0.05, 0.1) is 24.8 Å².